The number of unbranched alkanes of at least 4 members (excludes halogenated alkanes) is 1. The second kappa shape index (κ2) is 5.30. The van der Waals surface area contributed by atoms with Gasteiger partial charge < -0.3 is 14.2 Å². The average Bonchev–Trinajstić information content (AvgIpc) is 2.47. The van der Waals surface area contributed by atoms with Gasteiger partial charge in [-0.2, -0.15) is 0 Å². The Hall–Kier alpha value is -0.610. The molecule has 0 aromatic heterocycles. The molecule has 2 bridgehead atoms. The number of hydrogen-bond donors (Lipinski definition) is 0. The van der Waals surface area contributed by atoms with Gasteiger partial charge in [0.1, 0.15) is 0 Å². The summed E-state index contributed by atoms with van der Waals surface area (Å²) >= 11 is 5.93. The van der Waals surface area contributed by atoms with Crippen molar-refractivity contribution >= 4 is 11.6 Å². The summed E-state index contributed by atoms with van der Waals surface area (Å²) < 4.78 is 18.1. The molecule has 3 aliphatic heterocycles. The maximum absolute atomic E-state index is 6.11. The molecule has 3 heterocycles. The second-order valence-electron chi connectivity index (χ2n) is 5.87. The van der Waals surface area contributed by atoms with Crippen molar-refractivity contribution in [1.82, 2.24) is 0 Å². The molecule has 3 fully saturated rings. The Kier molecular flexibility index (Phi) is 3.80. The molecule has 110 valence electrons. The van der Waals surface area contributed by atoms with Crippen LogP contribution in [-0.2, 0) is 20.2 Å². The number of rotatable bonds is 4. The third-order valence-electron chi connectivity index (χ3n) is 4.52. The lowest BCUT2D eigenvalue weighted by Gasteiger charge is -2.55. The van der Waals surface area contributed by atoms with Crippen molar-refractivity contribution in [2.75, 3.05) is 13.2 Å². The van der Waals surface area contributed by atoms with E-state index in [1.165, 1.54) is 12.8 Å². The third kappa shape index (κ3) is 2.27. The fourth-order valence-electron chi connectivity index (χ4n) is 2.99. The highest BCUT2D eigenvalue weighted by molar-refractivity contribution is 6.30. The molecule has 0 radical (unpaired) electrons. The summed E-state index contributed by atoms with van der Waals surface area (Å²) in [6.07, 6.45) is 3.57. The van der Waals surface area contributed by atoms with E-state index in [2.05, 4.69) is 13.8 Å². The van der Waals surface area contributed by atoms with E-state index in [0.29, 0.717) is 18.2 Å². The maximum atomic E-state index is 6.11. The number of fused-ring (bicyclic) bond motifs is 3. The molecule has 1 unspecified atom stereocenters. The molecule has 4 rings (SSSR count). The standard InChI is InChI=1S/C16H21ClO3/c1-3-4-9-15-10-18-16(19-11-15,20-12(15)2)13-5-7-14(17)8-6-13/h5-8,12H,3-4,9-11H2,1-2H3. The van der Waals surface area contributed by atoms with Crippen LogP contribution in [0, 0.1) is 5.41 Å². The lowest BCUT2D eigenvalue weighted by Crippen LogP contribution is -2.62. The van der Waals surface area contributed by atoms with Crippen LogP contribution in [0.2, 0.25) is 5.02 Å². The number of halogens is 1. The van der Waals surface area contributed by atoms with Crippen molar-refractivity contribution in [3.05, 3.63) is 34.9 Å². The highest BCUT2D eigenvalue weighted by atomic mass is 35.5. The zero-order chi connectivity index (χ0) is 14.2. The maximum Gasteiger partial charge on any atom is 0.312 e. The Morgan fingerprint density at radius 2 is 1.85 bits per heavy atom. The molecule has 0 spiro atoms. The van der Waals surface area contributed by atoms with Gasteiger partial charge >= 0.3 is 5.97 Å². The van der Waals surface area contributed by atoms with Gasteiger partial charge in [0.05, 0.1) is 19.3 Å². The van der Waals surface area contributed by atoms with Gasteiger partial charge in [0.15, 0.2) is 0 Å². The minimum absolute atomic E-state index is 0.00415. The molecule has 0 saturated carbocycles. The molecule has 1 aromatic rings. The van der Waals surface area contributed by atoms with E-state index in [9.17, 15) is 0 Å². The molecule has 0 amide bonds. The number of hydrogen-bond acceptors (Lipinski definition) is 3. The van der Waals surface area contributed by atoms with Crippen LogP contribution in [0.5, 0.6) is 0 Å². The molecular weight excluding hydrogens is 276 g/mol. The topological polar surface area (TPSA) is 27.7 Å². The summed E-state index contributed by atoms with van der Waals surface area (Å²) in [7, 11) is 0. The van der Waals surface area contributed by atoms with Crippen LogP contribution in [0.3, 0.4) is 0 Å². The molecule has 4 heteroatoms. The zero-order valence-corrected chi connectivity index (χ0v) is 12.8. The van der Waals surface area contributed by atoms with Crippen molar-refractivity contribution in [2.24, 2.45) is 5.41 Å². The zero-order valence-electron chi connectivity index (χ0n) is 12.0. The SMILES string of the molecule is CCCCC12COC(c3ccc(Cl)cc3)(OC1)OC2C. The van der Waals surface area contributed by atoms with E-state index < -0.39 is 5.97 Å². The molecular formula is C16H21ClO3. The fraction of sp³-hybridized carbons (Fsp3) is 0.625. The van der Waals surface area contributed by atoms with Crippen molar-refractivity contribution in [3.8, 4) is 0 Å². The van der Waals surface area contributed by atoms with Crippen molar-refractivity contribution in [2.45, 2.75) is 45.2 Å². The minimum atomic E-state index is -1.04. The summed E-state index contributed by atoms with van der Waals surface area (Å²) in [4.78, 5) is 0. The fourth-order valence-corrected chi connectivity index (χ4v) is 3.11. The normalized spacial score (nSPS) is 36.2. The first-order valence-corrected chi connectivity index (χ1v) is 7.70. The first-order valence-electron chi connectivity index (χ1n) is 7.32. The number of ether oxygens (including phenoxy) is 3. The highest BCUT2D eigenvalue weighted by Gasteiger charge is 2.57. The largest absolute Gasteiger partial charge is 0.323 e. The quantitative estimate of drug-likeness (QED) is 0.837. The van der Waals surface area contributed by atoms with E-state index >= 15 is 0 Å². The summed E-state index contributed by atoms with van der Waals surface area (Å²) in [5, 5.41) is 0.696. The van der Waals surface area contributed by atoms with Crippen LogP contribution in [-0.4, -0.2) is 19.3 Å². The van der Waals surface area contributed by atoms with Crippen molar-refractivity contribution < 1.29 is 14.2 Å². The van der Waals surface area contributed by atoms with Crippen molar-refractivity contribution in [3.63, 3.8) is 0 Å². The van der Waals surface area contributed by atoms with Crippen LogP contribution in [0.25, 0.3) is 0 Å². The Morgan fingerprint density at radius 3 is 2.40 bits per heavy atom. The molecule has 0 N–H and O–H groups in total. The van der Waals surface area contributed by atoms with Gasteiger partial charge in [-0.15, -0.1) is 0 Å². The van der Waals surface area contributed by atoms with Crippen LogP contribution in [0.4, 0.5) is 0 Å². The lowest BCUT2D eigenvalue weighted by atomic mass is 9.77. The molecule has 0 aliphatic carbocycles. The first-order chi connectivity index (χ1) is 9.60. The Bertz CT molecular complexity index is 463. The van der Waals surface area contributed by atoms with Crippen LogP contribution < -0.4 is 0 Å². The summed E-state index contributed by atoms with van der Waals surface area (Å²) in [6, 6.07) is 7.47. The van der Waals surface area contributed by atoms with E-state index in [-0.39, 0.29) is 11.5 Å². The van der Waals surface area contributed by atoms with Gasteiger partial charge in [-0.1, -0.05) is 31.4 Å². The molecule has 3 saturated heterocycles. The molecule has 3 nitrogen and oxygen atoms in total. The molecule has 3 aliphatic rings. The average molecular weight is 297 g/mol. The Labute approximate surface area is 125 Å². The van der Waals surface area contributed by atoms with Crippen LogP contribution in [0.15, 0.2) is 24.3 Å². The van der Waals surface area contributed by atoms with E-state index in [1.807, 2.05) is 24.3 Å². The van der Waals surface area contributed by atoms with Gasteiger partial charge in [-0.05, 0) is 37.6 Å². The monoisotopic (exact) mass is 296 g/mol. The third-order valence-corrected chi connectivity index (χ3v) is 4.77. The van der Waals surface area contributed by atoms with Gasteiger partial charge in [-0.25, -0.2) is 0 Å². The van der Waals surface area contributed by atoms with Gasteiger partial charge in [0.25, 0.3) is 0 Å². The smallest absolute Gasteiger partial charge is 0.312 e. The van der Waals surface area contributed by atoms with E-state index in [4.69, 9.17) is 25.8 Å². The Morgan fingerprint density at radius 1 is 1.20 bits per heavy atom. The highest BCUT2D eigenvalue weighted by Crippen LogP contribution is 2.50. The summed E-state index contributed by atoms with van der Waals surface area (Å²) in [5.41, 5.74) is 0.877. The second-order valence-corrected chi connectivity index (χ2v) is 6.30. The summed E-state index contributed by atoms with van der Waals surface area (Å²) in [5.74, 6) is -1.04. The van der Waals surface area contributed by atoms with Crippen LogP contribution in [0.1, 0.15) is 38.7 Å². The first kappa shape index (κ1) is 14.3. The van der Waals surface area contributed by atoms with Crippen molar-refractivity contribution in [1.29, 1.82) is 0 Å². The van der Waals surface area contributed by atoms with E-state index in [1.54, 1.807) is 0 Å². The van der Waals surface area contributed by atoms with Gasteiger partial charge in [0.2, 0.25) is 0 Å². The Balaban J connectivity index is 1.82. The van der Waals surface area contributed by atoms with Crippen LogP contribution >= 0.6 is 11.6 Å². The van der Waals surface area contributed by atoms with E-state index in [0.717, 1.165) is 12.0 Å². The summed E-state index contributed by atoms with van der Waals surface area (Å²) in [6.45, 7) is 5.71. The number of benzene rings is 1. The predicted octanol–water partition coefficient (Wildman–Crippen LogP) is 4.09. The van der Waals surface area contributed by atoms with Gasteiger partial charge in [0, 0.05) is 16.0 Å². The van der Waals surface area contributed by atoms with Gasteiger partial charge in [-0.3, -0.25) is 0 Å². The minimum Gasteiger partial charge on any atom is -0.323 e. The molecule has 20 heavy (non-hydrogen) atoms. The molecule has 1 atom stereocenters. The predicted molar refractivity (Wildman–Crippen MR) is 77.5 cm³/mol. The lowest BCUT2D eigenvalue weighted by molar-refractivity contribution is -0.498. The molecule has 1 aromatic carbocycles.